The lowest BCUT2D eigenvalue weighted by atomic mass is 10.1. The van der Waals surface area contributed by atoms with Gasteiger partial charge in [0.25, 0.3) is 0 Å². The summed E-state index contributed by atoms with van der Waals surface area (Å²) >= 11 is 0. The molecule has 0 aliphatic heterocycles. The summed E-state index contributed by atoms with van der Waals surface area (Å²) in [7, 11) is 3.18. The number of hydrogen-bond donors (Lipinski definition) is 2. The van der Waals surface area contributed by atoms with Crippen molar-refractivity contribution in [3.8, 4) is 11.5 Å². The van der Waals surface area contributed by atoms with Crippen molar-refractivity contribution in [2.45, 2.75) is 6.42 Å². The van der Waals surface area contributed by atoms with E-state index < -0.39 is 0 Å². The van der Waals surface area contributed by atoms with Gasteiger partial charge >= 0.3 is 0 Å². The standard InChI is InChI=1S/C14H16N2O3/c1-18-11-4-3-9(6-12(11)19-2)5-10-7-13(15)16-14(17)8-10/h3-4,6-8H,5H2,1-2H3,(H3,15,16,17). The molecule has 0 unspecified atom stereocenters. The molecule has 1 heterocycles. The Hall–Kier alpha value is -2.43. The minimum absolute atomic E-state index is 0.199. The number of methoxy groups -OCH3 is 2. The Balaban J connectivity index is 2.30. The van der Waals surface area contributed by atoms with Gasteiger partial charge in [0.1, 0.15) is 5.82 Å². The highest BCUT2D eigenvalue weighted by Crippen LogP contribution is 2.28. The second kappa shape index (κ2) is 5.48. The highest BCUT2D eigenvalue weighted by atomic mass is 16.5. The van der Waals surface area contributed by atoms with Crippen molar-refractivity contribution in [3.05, 3.63) is 51.8 Å². The van der Waals surface area contributed by atoms with Crippen molar-refractivity contribution in [1.29, 1.82) is 0 Å². The molecule has 5 nitrogen and oxygen atoms in total. The van der Waals surface area contributed by atoms with E-state index in [4.69, 9.17) is 15.2 Å². The van der Waals surface area contributed by atoms with Crippen LogP contribution in [0.4, 0.5) is 5.82 Å². The van der Waals surface area contributed by atoms with Gasteiger partial charge in [0.2, 0.25) is 5.56 Å². The van der Waals surface area contributed by atoms with Crippen molar-refractivity contribution < 1.29 is 9.47 Å². The number of H-pyrrole nitrogens is 1. The zero-order valence-electron chi connectivity index (χ0n) is 10.9. The van der Waals surface area contributed by atoms with Gasteiger partial charge in [0.15, 0.2) is 11.5 Å². The fraction of sp³-hybridized carbons (Fsp3) is 0.214. The van der Waals surface area contributed by atoms with E-state index in [0.29, 0.717) is 23.7 Å². The SMILES string of the molecule is COc1ccc(Cc2cc(N)[nH]c(=O)c2)cc1OC. The number of pyridine rings is 1. The van der Waals surface area contributed by atoms with Gasteiger partial charge in [-0.3, -0.25) is 4.79 Å². The molecule has 0 amide bonds. The smallest absolute Gasteiger partial charge is 0.249 e. The van der Waals surface area contributed by atoms with Crippen LogP contribution >= 0.6 is 0 Å². The molecular formula is C14H16N2O3. The van der Waals surface area contributed by atoms with Crippen molar-refractivity contribution in [3.63, 3.8) is 0 Å². The largest absolute Gasteiger partial charge is 0.493 e. The van der Waals surface area contributed by atoms with Crippen LogP contribution in [-0.4, -0.2) is 19.2 Å². The molecule has 0 fully saturated rings. The molecule has 0 atom stereocenters. The number of anilines is 1. The number of aromatic nitrogens is 1. The summed E-state index contributed by atoms with van der Waals surface area (Å²) in [5.41, 5.74) is 7.29. The van der Waals surface area contributed by atoms with Crippen LogP contribution in [0.5, 0.6) is 11.5 Å². The molecule has 0 radical (unpaired) electrons. The summed E-state index contributed by atoms with van der Waals surface area (Å²) in [5.74, 6) is 1.71. The average Bonchev–Trinajstić information content (AvgIpc) is 2.37. The number of ether oxygens (including phenoxy) is 2. The van der Waals surface area contributed by atoms with E-state index in [1.54, 1.807) is 20.3 Å². The van der Waals surface area contributed by atoms with Crippen LogP contribution in [0.25, 0.3) is 0 Å². The highest BCUT2D eigenvalue weighted by Gasteiger charge is 2.06. The van der Waals surface area contributed by atoms with Gasteiger partial charge in [-0.15, -0.1) is 0 Å². The van der Waals surface area contributed by atoms with Gasteiger partial charge in [-0.2, -0.15) is 0 Å². The van der Waals surface area contributed by atoms with Crippen molar-refractivity contribution >= 4 is 5.82 Å². The van der Waals surface area contributed by atoms with Gasteiger partial charge in [-0.25, -0.2) is 0 Å². The van der Waals surface area contributed by atoms with E-state index in [0.717, 1.165) is 11.1 Å². The summed E-state index contributed by atoms with van der Waals surface area (Å²) in [6, 6.07) is 8.94. The second-order valence-electron chi connectivity index (χ2n) is 4.17. The maximum absolute atomic E-state index is 11.3. The lowest BCUT2D eigenvalue weighted by Crippen LogP contribution is -2.09. The predicted molar refractivity (Wildman–Crippen MR) is 73.8 cm³/mol. The van der Waals surface area contributed by atoms with Crippen LogP contribution in [0.2, 0.25) is 0 Å². The monoisotopic (exact) mass is 260 g/mol. The first-order valence-electron chi connectivity index (χ1n) is 5.82. The molecule has 5 heteroatoms. The van der Waals surface area contributed by atoms with Crippen LogP contribution < -0.4 is 20.8 Å². The normalized spacial score (nSPS) is 10.2. The molecule has 0 aliphatic rings. The second-order valence-corrected chi connectivity index (χ2v) is 4.17. The number of nitrogen functional groups attached to an aromatic ring is 1. The molecule has 1 aromatic heterocycles. The third-order valence-electron chi connectivity index (χ3n) is 2.78. The Morgan fingerprint density at radius 1 is 1.05 bits per heavy atom. The Morgan fingerprint density at radius 2 is 1.79 bits per heavy atom. The van der Waals surface area contributed by atoms with E-state index in [1.165, 1.54) is 6.07 Å². The first-order valence-corrected chi connectivity index (χ1v) is 5.82. The third kappa shape index (κ3) is 3.07. The number of rotatable bonds is 4. The molecule has 0 bridgehead atoms. The molecule has 0 saturated carbocycles. The van der Waals surface area contributed by atoms with Crippen molar-refractivity contribution in [2.75, 3.05) is 20.0 Å². The van der Waals surface area contributed by atoms with E-state index in [1.807, 2.05) is 18.2 Å². The Kier molecular flexibility index (Phi) is 3.75. The molecule has 0 saturated heterocycles. The summed E-state index contributed by atoms with van der Waals surface area (Å²) in [4.78, 5) is 13.9. The van der Waals surface area contributed by atoms with Crippen LogP contribution in [0.1, 0.15) is 11.1 Å². The minimum Gasteiger partial charge on any atom is -0.493 e. The average molecular weight is 260 g/mol. The molecular weight excluding hydrogens is 244 g/mol. The molecule has 3 N–H and O–H groups in total. The van der Waals surface area contributed by atoms with Crippen LogP contribution in [-0.2, 0) is 6.42 Å². The Labute approximate surface area is 111 Å². The summed E-state index contributed by atoms with van der Waals surface area (Å²) in [6.45, 7) is 0. The van der Waals surface area contributed by atoms with E-state index in [9.17, 15) is 4.79 Å². The zero-order valence-corrected chi connectivity index (χ0v) is 10.9. The highest BCUT2D eigenvalue weighted by molar-refractivity contribution is 5.44. The third-order valence-corrected chi connectivity index (χ3v) is 2.78. The lowest BCUT2D eigenvalue weighted by molar-refractivity contribution is 0.354. The first kappa shape index (κ1) is 13.0. The molecule has 2 rings (SSSR count). The fourth-order valence-corrected chi connectivity index (χ4v) is 1.95. The molecule has 19 heavy (non-hydrogen) atoms. The topological polar surface area (TPSA) is 77.3 Å². The minimum atomic E-state index is -0.199. The summed E-state index contributed by atoms with van der Waals surface area (Å²) in [5, 5.41) is 0. The molecule has 0 spiro atoms. The van der Waals surface area contributed by atoms with Crippen LogP contribution in [0.15, 0.2) is 35.1 Å². The van der Waals surface area contributed by atoms with E-state index in [2.05, 4.69) is 4.98 Å². The molecule has 1 aromatic carbocycles. The quantitative estimate of drug-likeness (QED) is 0.874. The predicted octanol–water partition coefficient (Wildman–Crippen LogP) is 1.57. The van der Waals surface area contributed by atoms with Gasteiger partial charge in [0, 0.05) is 6.07 Å². The van der Waals surface area contributed by atoms with E-state index >= 15 is 0 Å². The van der Waals surface area contributed by atoms with Crippen LogP contribution in [0, 0.1) is 0 Å². The van der Waals surface area contributed by atoms with Crippen LogP contribution in [0.3, 0.4) is 0 Å². The fourth-order valence-electron chi connectivity index (χ4n) is 1.95. The van der Waals surface area contributed by atoms with Gasteiger partial charge < -0.3 is 20.2 Å². The maximum atomic E-state index is 11.3. The van der Waals surface area contributed by atoms with Gasteiger partial charge in [0.05, 0.1) is 14.2 Å². The molecule has 0 aliphatic carbocycles. The van der Waals surface area contributed by atoms with Gasteiger partial charge in [-0.1, -0.05) is 6.07 Å². The summed E-state index contributed by atoms with van der Waals surface area (Å²) < 4.78 is 10.4. The Bertz CT molecular complexity index is 635. The Morgan fingerprint density at radius 3 is 2.42 bits per heavy atom. The number of hydrogen-bond acceptors (Lipinski definition) is 4. The maximum Gasteiger partial charge on any atom is 0.249 e. The zero-order chi connectivity index (χ0) is 13.8. The lowest BCUT2D eigenvalue weighted by Gasteiger charge is -2.09. The first-order chi connectivity index (χ1) is 9.12. The summed E-state index contributed by atoms with van der Waals surface area (Å²) in [6.07, 6.45) is 0.606. The number of nitrogens with one attached hydrogen (secondary N) is 1. The van der Waals surface area contributed by atoms with Crippen molar-refractivity contribution in [2.24, 2.45) is 0 Å². The van der Waals surface area contributed by atoms with Gasteiger partial charge in [-0.05, 0) is 35.7 Å². The van der Waals surface area contributed by atoms with Crippen molar-refractivity contribution in [1.82, 2.24) is 4.98 Å². The molecule has 2 aromatic rings. The number of aromatic amines is 1. The number of benzene rings is 1. The van der Waals surface area contributed by atoms with E-state index in [-0.39, 0.29) is 5.56 Å². The molecule has 100 valence electrons. The number of nitrogens with two attached hydrogens (primary N) is 1.